The van der Waals surface area contributed by atoms with E-state index in [4.69, 9.17) is 14.3 Å². The van der Waals surface area contributed by atoms with E-state index in [9.17, 15) is 10.0 Å². The van der Waals surface area contributed by atoms with Gasteiger partial charge in [-0.05, 0) is 102 Å². The van der Waals surface area contributed by atoms with Gasteiger partial charge in [-0.25, -0.2) is 0 Å². The van der Waals surface area contributed by atoms with Gasteiger partial charge in [0.25, 0.3) is 11.4 Å². The van der Waals surface area contributed by atoms with Crippen LogP contribution in [0.5, 0.6) is 0 Å². The molecule has 7 nitrogen and oxygen atoms in total. The van der Waals surface area contributed by atoms with E-state index in [1.807, 2.05) is 127 Å². The van der Waals surface area contributed by atoms with Gasteiger partial charge in [0.15, 0.2) is 13.2 Å². The van der Waals surface area contributed by atoms with Crippen LogP contribution < -0.4 is 29.2 Å². The van der Waals surface area contributed by atoms with Crippen LogP contribution in [-0.2, 0) is 10.1 Å². The second kappa shape index (κ2) is 22.8. The summed E-state index contributed by atoms with van der Waals surface area (Å²) in [6.45, 7) is 5.44. The van der Waals surface area contributed by atoms with Crippen LogP contribution in [0.1, 0.15) is 43.4 Å². The molecule has 8 heteroatoms. The second-order valence-corrected chi connectivity index (χ2v) is 15.1. The summed E-state index contributed by atoms with van der Waals surface area (Å²) >= 11 is 0. The minimum absolute atomic E-state index is 0.159. The van der Waals surface area contributed by atoms with E-state index in [0.29, 0.717) is 19.6 Å². The Kier molecular flexibility index (Phi) is 16.0. The van der Waals surface area contributed by atoms with Gasteiger partial charge in [0.2, 0.25) is 12.4 Å². The molecule has 0 saturated carbocycles. The van der Waals surface area contributed by atoms with Crippen molar-refractivity contribution in [1.29, 1.82) is 0 Å². The van der Waals surface area contributed by atoms with Crippen molar-refractivity contribution in [2.75, 3.05) is 19.8 Å². The zero-order chi connectivity index (χ0) is 44.4. The predicted octanol–water partition coefficient (Wildman–Crippen LogP) is 8.91. The zero-order valence-electron chi connectivity index (χ0n) is 36.4. The highest BCUT2D eigenvalue weighted by atomic mass is 16.7. The van der Waals surface area contributed by atoms with Gasteiger partial charge in [0, 0.05) is 45.7 Å². The Hall–Kier alpha value is -7.10. The number of nitrogens with zero attached hydrogens (tertiary/aromatic N) is 2. The SMILES string of the molecule is CCO[n+]1ccccc1-c1cc2cccccc-2c1.CCO[n+]1ccccc1-c1cc2cccccc-2c1.[O-]B([O-])OCCCC(c1ccccc1)(c1ccccc1)c1ccccc1. The zero-order valence-corrected chi connectivity index (χ0v) is 36.4. The summed E-state index contributed by atoms with van der Waals surface area (Å²) in [6, 6.07) is 72.8. The summed E-state index contributed by atoms with van der Waals surface area (Å²) in [5, 5.41) is 21.4. The van der Waals surface area contributed by atoms with Crippen LogP contribution in [0.4, 0.5) is 0 Å². The molecule has 0 bridgehead atoms. The number of fused-ring (bicyclic) bond motifs is 2. The lowest BCUT2D eigenvalue weighted by Crippen LogP contribution is -2.48. The summed E-state index contributed by atoms with van der Waals surface area (Å²) in [5.41, 5.74) is 12.6. The molecule has 4 aliphatic rings. The van der Waals surface area contributed by atoms with Crippen molar-refractivity contribution in [3.63, 3.8) is 0 Å². The smallest absolute Gasteiger partial charge is 0.264 e. The van der Waals surface area contributed by atoms with Gasteiger partial charge in [0.05, 0.1) is 18.4 Å². The van der Waals surface area contributed by atoms with E-state index in [0.717, 1.165) is 17.8 Å². The van der Waals surface area contributed by atoms with Crippen LogP contribution in [0, 0.1) is 0 Å². The third kappa shape index (κ3) is 11.3. The maximum absolute atomic E-state index is 10.7. The van der Waals surface area contributed by atoms with Crippen molar-refractivity contribution in [3.05, 3.63) is 241 Å². The van der Waals surface area contributed by atoms with E-state index >= 15 is 0 Å². The van der Waals surface area contributed by atoms with E-state index in [1.165, 1.54) is 50.1 Å². The quantitative estimate of drug-likeness (QED) is 0.0473. The van der Waals surface area contributed by atoms with E-state index in [-0.39, 0.29) is 12.0 Å². The molecule has 2 aromatic heterocycles. The fourth-order valence-corrected chi connectivity index (χ4v) is 8.15. The van der Waals surface area contributed by atoms with Crippen LogP contribution in [0.3, 0.4) is 0 Å². The second-order valence-electron chi connectivity index (χ2n) is 15.1. The molecule has 320 valence electrons. The molecule has 0 saturated heterocycles. The third-order valence-electron chi connectivity index (χ3n) is 11.0. The van der Waals surface area contributed by atoms with Crippen LogP contribution in [0.2, 0.25) is 0 Å². The molecule has 5 aromatic rings. The van der Waals surface area contributed by atoms with Crippen molar-refractivity contribution in [3.8, 4) is 44.8 Å². The minimum Gasteiger partial charge on any atom is -0.871 e. The Morgan fingerprint density at radius 1 is 0.422 bits per heavy atom. The molecule has 9 rings (SSSR count). The van der Waals surface area contributed by atoms with Crippen molar-refractivity contribution in [1.82, 2.24) is 0 Å². The van der Waals surface area contributed by atoms with Crippen molar-refractivity contribution in [2.24, 2.45) is 0 Å². The molecule has 0 aliphatic heterocycles. The van der Waals surface area contributed by atoms with E-state index in [1.54, 1.807) is 0 Å². The van der Waals surface area contributed by atoms with Crippen LogP contribution >= 0.6 is 0 Å². The molecule has 0 spiro atoms. The Balaban J connectivity index is 0.000000146. The average molecular weight is 845 g/mol. The van der Waals surface area contributed by atoms with Gasteiger partial charge >= 0.3 is 0 Å². The van der Waals surface area contributed by atoms with Gasteiger partial charge in [0.1, 0.15) is 0 Å². The highest BCUT2D eigenvalue weighted by molar-refractivity contribution is 6.28. The Bertz CT molecular complexity index is 2420. The fraction of sp³-hybridized carbons (Fsp3) is 0.143. The minimum atomic E-state index is -2.23. The molecule has 0 N–H and O–H groups in total. The topological polar surface area (TPSA) is 81.6 Å². The highest BCUT2D eigenvalue weighted by Gasteiger charge is 2.35. The molecule has 0 radical (unpaired) electrons. The lowest BCUT2D eigenvalue weighted by atomic mass is 9.67. The summed E-state index contributed by atoms with van der Waals surface area (Å²) in [7, 11) is -2.23. The molecule has 0 atom stereocenters. The maximum atomic E-state index is 10.7. The molecule has 3 aromatic carbocycles. The van der Waals surface area contributed by atoms with Gasteiger partial charge in [-0.3, -0.25) is 9.68 Å². The van der Waals surface area contributed by atoms with E-state index < -0.39 is 7.32 Å². The summed E-state index contributed by atoms with van der Waals surface area (Å²) in [4.78, 5) is 11.2. The number of hydrogen-bond acceptors (Lipinski definition) is 5. The normalized spacial score (nSPS) is 10.9. The lowest BCUT2D eigenvalue weighted by Gasteiger charge is -2.37. The van der Waals surface area contributed by atoms with Crippen molar-refractivity contribution < 1.29 is 33.8 Å². The predicted molar refractivity (Wildman–Crippen MR) is 252 cm³/mol. The number of benzene rings is 3. The number of rotatable bonds is 14. The van der Waals surface area contributed by atoms with Gasteiger partial charge < -0.3 is 14.7 Å². The molecular formula is C56H53BN2O5. The first-order chi connectivity index (χ1) is 31.5. The van der Waals surface area contributed by atoms with Crippen LogP contribution in [0.15, 0.2) is 225 Å². The van der Waals surface area contributed by atoms with Crippen molar-refractivity contribution >= 4 is 7.32 Å². The summed E-state index contributed by atoms with van der Waals surface area (Å²) in [5.74, 6) is 0. The molecule has 0 fully saturated rings. The first kappa shape index (κ1) is 44.9. The Morgan fingerprint density at radius 3 is 1.08 bits per heavy atom. The van der Waals surface area contributed by atoms with E-state index in [2.05, 4.69) is 121 Å². The molecule has 64 heavy (non-hydrogen) atoms. The molecule has 0 unspecified atom stereocenters. The first-order valence-corrected chi connectivity index (χ1v) is 21.9. The molecular weight excluding hydrogens is 791 g/mol. The number of aromatic nitrogens is 2. The average Bonchev–Trinajstić information content (AvgIpc) is 3.77. The van der Waals surface area contributed by atoms with Crippen molar-refractivity contribution in [2.45, 2.75) is 32.1 Å². The summed E-state index contributed by atoms with van der Waals surface area (Å²) in [6.07, 6.45) is 5.23. The molecule has 0 amide bonds. The van der Waals surface area contributed by atoms with Crippen LogP contribution in [0.25, 0.3) is 44.8 Å². The van der Waals surface area contributed by atoms with Gasteiger partial charge in [-0.1, -0.05) is 152 Å². The third-order valence-corrected chi connectivity index (χ3v) is 11.0. The molecule has 2 heterocycles. The standard InChI is InChI=1S/C22H21BO3.2C17H16NO/c24-23(25)26-18-10-17-22(19-11-4-1-5-12-19,20-13-6-2-7-14-20)21-15-8-3-9-16-21;2*1-2-19-18-11-7-6-10-17(18)16-12-14-8-4-3-5-9-15(14)13-16/h1-9,11-16H,10,17-18H2;2*3-13H,2H2,1H3/q-2;2*+1. The van der Waals surface area contributed by atoms with Gasteiger partial charge in [-0.15, -0.1) is 0 Å². The number of hydrogen-bond donors (Lipinski definition) is 0. The summed E-state index contributed by atoms with van der Waals surface area (Å²) < 4.78 is 8.39. The van der Waals surface area contributed by atoms with Crippen LogP contribution in [-0.4, -0.2) is 27.1 Å². The fourth-order valence-electron chi connectivity index (χ4n) is 8.15. The Labute approximate surface area is 377 Å². The molecule has 4 aliphatic carbocycles. The highest BCUT2D eigenvalue weighted by Crippen LogP contribution is 2.43. The monoisotopic (exact) mass is 844 g/mol. The maximum Gasteiger partial charge on any atom is 0.264 e. The first-order valence-electron chi connectivity index (χ1n) is 21.9. The number of pyridine rings is 2. The lowest BCUT2D eigenvalue weighted by molar-refractivity contribution is -0.882. The largest absolute Gasteiger partial charge is 0.871 e. The Morgan fingerprint density at radius 2 is 0.750 bits per heavy atom. The van der Waals surface area contributed by atoms with Gasteiger partial charge in [-0.2, -0.15) is 0 Å².